The molecule has 0 radical (unpaired) electrons. The lowest BCUT2D eigenvalue weighted by atomic mass is 9.78. The highest BCUT2D eigenvalue weighted by Gasteiger charge is 2.41. The monoisotopic (exact) mass is 606 g/mol. The number of hydrogen-bond acceptors (Lipinski definition) is 5. The van der Waals surface area contributed by atoms with Crippen LogP contribution in [0.1, 0.15) is 60.9 Å². The Bertz CT molecular complexity index is 1730. The van der Waals surface area contributed by atoms with Gasteiger partial charge in [-0.2, -0.15) is 0 Å². The Balaban J connectivity index is 1.44. The molecular weight excluding hydrogens is 572 g/mol. The van der Waals surface area contributed by atoms with E-state index < -0.39 is 6.04 Å². The van der Waals surface area contributed by atoms with Crippen LogP contribution >= 0.6 is 11.6 Å². The van der Waals surface area contributed by atoms with E-state index in [9.17, 15) is 9.59 Å². The van der Waals surface area contributed by atoms with Crippen LogP contribution in [0.2, 0.25) is 5.02 Å². The molecule has 0 saturated carbocycles. The van der Waals surface area contributed by atoms with E-state index in [0.717, 1.165) is 33.8 Å². The maximum absolute atomic E-state index is 14.2. The summed E-state index contributed by atoms with van der Waals surface area (Å²) in [7, 11) is 0. The molecule has 224 valence electrons. The highest BCUT2D eigenvalue weighted by atomic mass is 35.5. The number of anilines is 2. The fourth-order valence-electron chi connectivity index (χ4n) is 6.15. The predicted molar refractivity (Wildman–Crippen MR) is 175 cm³/mol. The second-order valence-electron chi connectivity index (χ2n) is 11.3. The Morgan fingerprint density at radius 3 is 2.36 bits per heavy atom. The van der Waals surface area contributed by atoms with Crippen molar-refractivity contribution < 1.29 is 19.1 Å². The first-order chi connectivity index (χ1) is 21.3. The van der Waals surface area contributed by atoms with Gasteiger partial charge in [0.15, 0.2) is 17.3 Å². The summed E-state index contributed by atoms with van der Waals surface area (Å²) >= 11 is 6.05. The number of ketones is 1. The molecule has 2 aliphatic rings. The number of para-hydroxylation sites is 2. The Hall–Kier alpha value is -4.55. The lowest BCUT2D eigenvalue weighted by Crippen LogP contribution is -2.37. The van der Waals surface area contributed by atoms with E-state index in [1.807, 2.05) is 73.7 Å². The number of hydrogen-bond donors (Lipinski definition) is 1. The average Bonchev–Trinajstić information content (AvgIpc) is 3.16. The third-order valence-electron chi connectivity index (χ3n) is 8.27. The molecule has 2 atom stereocenters. The molecule has 7 heteroatoms. The van der Waals surface area contributed by atoms with Gasteiger partial charge in [-0.15, -0.1) is 0 Å². The Labute approximate surface area is 263 Å². The third-order valence-corrected chi connectivity index (χ3v) is 8.52. The summed E-state index contributed by atoms with van der Waals surface area (Å²) in [6.45, 7) is 6.29. The smallest absolute Gasteiger partial charge is 0.224 e. The normalized spacial score (nSPS) is 17.7. The van der Waals surface area contributed by atoms with Gasteiger partial charge in [-0.25, -0.2) is 0 Å². The largest absolute Gasteiger partial charge is 0.490 e. The van der Waals surface area contributed by atoms with Crippen molar-refractivity contribution in [3.05, 3.63) is 130 Å². The summed E-state index contributed by atoms with van der Waals surface area (Å²) in [5.41, 5.74) is 7.03. The third kappa shape index (κ3) is 5.95. The van der Waals surface area contributed by atoms with Crippen LogP contribution in [0.5, 0.6) is 11.5 Å². The minimum atomic E-state index is -0.644. The van der Waals surface area contributed by atoms with Gasteiger partial charge in [0.25, 0.3) is 0 Å². The van der Waals surface area contributed by atoms with Crippen LogP contribution in [0.4, 0.5) is 11.4 Å². The van der Waals surface area contributed by atoms with Crippen molar-refractivity contribution in [3.63, 3.8) is 0 Å². The summed E-state index contributed by atoms with van der Waals surface area (Å²) in [5, 5.41) is 4.25. The average molecular weight is 607 g/mol. The standard InChI is InChI=1S/C37H35ClN2O4/c1-4-43-35-21-27(15-18-34(35)44-22-25-11-16-29(38)17-12-25)37-36-31(39-30-7-5-6-8-32(30)40(37)24(3)41)19-28(20-33(36)42)26-13-9-23(2)10-14-26/h5-18,21,28,37,39H,4,19-20,22H2,1-3H3/t28-,37-/m0/s1. The lowest BCUT2D eigenvalue weighted by molar-refractivity contribution is -0.117. The van der Waals surface area contributed by atoms with Gasteiger partial charge in [0, 0.05) is 29.6 Å². The highest BCUT2D eigenvalue weighted by Crippen LogP contribution is 2.48. The number of nitrogens with one attached hydrogen (secondary N) is 1. The van der Waals surface area contributed by atoms with Crippen LogP contribution in [-0.2, 0) is 16.2 Å². The molecule has 44 heavy (non-hydrogen) atoms. The van der Waals surface area contributed by atoms with E-state index in [1.165, 1.54) is 5.56 Å². The lowest BCUT2D eigenvalue weighted by Gasteiger charge is -2.35. The number of amides is 1. The van der Waals surface area contributed by atoms with Crippen molar-refractivity contribution in [2.75, 3.05) is 16.8 Å². The molecular formula is C37H35ClN2O4. The molecule has 1 heterocycles. The fourth-order valence-corrected chi connectivity index (χ4v) is 6.28. The number of Topliss-reactive ketones (excluding diaryl/α,β-unsaturated/α-hetero) is 1. The number of benzene rings is 4. The van der Waals surface area contributed by atoms with Gasteiger partial charge in [0.05, 0.1) is 24.0 Å². The maximum atomic E-state index is 14.2. The van der Waals surface area contributed by atoms with E-state index in [-0.39, 0.29) is 17.6 Å². The molecule has 0 unspecified atom stereocenters. The van der Waals surface area contributed by atoms with E-state index in [4.69, 9.17) is 21.1 Å². The maximum Gasteiger partial charge on any atom is 0.224 e. The van der Waals surface area contributed by atoms with Crippen molar-refractivity contribution in [3.8, 4) is 11.5 Å². The summed E-state index contributed by atoms with van der Waals surface area (Å²) in [6.07, 6.45) is 1.02. The molecule has 6 rings (SSSR count). The highest BCUT2D eigenvalue weighted by molar-refractivity contribution is 6.30. The number of allylic oxidation sites excluding steroid dienone is 1. The Morgan fingerprint density at radius 1 is 0.909 bits per heavy atom. The quantitative estimate of drug-likeness (QED) is 0.228. The second kappa shape index (κ2) is 12.6. The van der Waals surface area contributed by atoms with Gasteiger partial charge in [-0.05, 0) is 79.3 Å². The summed E-state index contributed by atoms with van der Waals surface area (Å²) in [5.74, 6) is 1.03. The van der Waals surface area contributed by atoms with Crippen LogP contribution in [0.3, 0.4) is 0 Å². The van der Waals surface area contributed by atoms with Crippen molar-refractivity contribution in [2.24, 2.45) is 0 Å². The molecule has 1 aliphatic heterocycles. The molecule has 0 bridgehead atoms. The van der Waals surface area contributed by atoms with E-state index in [0.29, 0.717) is 48.2 Å². The topological polar surface area (TPSA) is 67.9 Å². The van der Waals surface area contributed by atoms with E-state index in [1.54, 1.807) is 11.8 Å². The number of aryl methyl sites for hydroxylation is 1. The van der Waals surface area contributed by atoms with Gasteiger partial charge in [0.1, 0.15) is 6.61 Å². The van der Waals surface area contributed by atoms with Crippen LogP contribution in [0.25, 0.3) is 0 Å². The first-order valence-corrected chi connectivity index (χ1v) is 15.3. The SMILES string of the molecule is CCOc1cc([C@H]2C3=C(C[C@H](c4ccc(C)cc4)CC3=O)Nc3ccccc3N2C(C)=O)ccc1OCc1ccc(Cl)cc1. The van der Waals surface area contributed by atoms with Crippen molar-refractivity contribution >= 4 is 34.7 Å². The first-order valence-electron chi connectivity index (χ1n) is 14.9. The first kappa shape index (κ1) is 29.5. The molecule has 1 aliphatic carbocycles. The molecule has 6 nitrogen and oxygen atoms in total. The summed E-state index contributed by atoms with van der Waals surface area (Å²) in [4.78, 5) is 29.4. The number of nitrogens with zero attached hydrogens (tertiary/aromatic N) is 1. The zero-order valence-corrected chi connectivity index (χ0v) is 25.9. The molecule has 0 fully saturated rings. The van der Waals surface area contributed by atoms with Crippen molar-refractivity contribution in [2.45, 2.75) is 52.2 Å². The molecule has 1 N–H and O–H groups in total. The van der Waals surface area contributed by atoms with Gasteiger partial charge in [-0.3, -0.25) is 14.5 Å². The molecule has 0 aromatic heterocycles. The number of carbonyl (C=O) groups excluding carboxylic acids is 2. The van der Waals surface area contributed by atoms with Crippen molar-refractivity contribution in [1.29, 1.82) is 0 Å². The van der Waals surface area contributed by atoms with Gasteiger partial charge in [-0.1, -0.05) is 71.8 Å². The zero-order chi connectivity index (χ0) is 30.8. The summed E-state index contributed by atoms with van der Waals surface area (Å²) < 4.78 is 12.2. The number of rotatable bonds is 7. The summed E-state index contributed by atoms with van der Waals surface area (Å²) in [6, 6.07) is 28.7. The second-order valence-corrected chi connectivity index (χ2v) is 11.8. The van der Waals surface area contributed by atoms with Crippen LogP contribution in [0.15, 0.2) is 102 Å². The predicted octanol–water partition coefficient (Wildman–Crippen LogP) is 8.55. The molecule has 0 spiro atoms. The fraction of sp³-hybridized carbons (Fsp3) is 0.243. The van der Waals surface area contributed by atoms with Crippen LogP contribution in [0, 0.1) is 6.92 Å². The van der Waals surface area contributed by atoms with E-state index in [2.05, 4.69) is 36.5 Å². The minimum Gasteiger partial charge on any atom is -0.490 e. The van der Waals surface area contributed by atoms with Crippen LogP contribution < -0.4 is 19.7 Å². The molecule has 0 saturated heterocycles. The van der Waals surface area contributed by atoms with Gasteiger partial charge >= 0.3 is 0 Å². The van der Waals surface area contributed by atoms with Crippen molar-refractivity contribution in [1.82, 2.24) is 0 Å². The van der Waals surface area contributed by atoms with E-state index >= 15 is 0 Å². The zero-order valence-electron chi connectivity index (χ0n) is 25.1. The number of carbonyl (C=O) groups is 2. The van der Waals surface area contributed by atoms with Crippen LogP contribution in [-0.4, -0.2) is 18.3 Å². The Kier molecular flexibility index (Phi) is 8.45. The number of fused-ring (bicyclic) bond motifs is 1. The van der Waals surface area contributed by atoms with Gasteiger partial charge < -0.3 is 14.8 Å². The molecule has 4 aromatic rings. The number of ether oxygens (including phenoxy) is 2. The number of halogens is 1. The molecule has 4 aromatic carbocycles. The minimum absolute atomic E-state index is 0.0226. The molecule has 1 amide bonds. The Morgan fingerprint density at radius 2 is 1.64 bits per heavy atom. The van der Waals surface area contributed by atoms with Gasteiger partial charge in [0.2, 0.25) is 5.91 Å².